The van der Waals surface area contributed by atoms with Crippen LogP contribution in [0.15, 0.2) is 18.2 Å². The fourth-order valence-corrected chi connectivity index (χ4v) is 2.95. The third kappa shape index (κ3) is 8.38. The predicted molar refractivity (Wildman–Crippen MR) is 104 cm³/mol. The van der Waals surface area contributed by atoms with Crippen LogP contribution in [-0.2, 0) is 20.4 Å². The van der Waals surface area contributed by atoms with E-state index in [1.165, 1.54) is 6.07 Å². The van der Waals surface area contributed by atoms with Gasteiger partial charge in [-0.05, 0) is 43.0 Å². The van der Waals surface area contributed by atoms with Crippen LogP contribution in [0, 0.1) is 11.2 Å². The second-order valence-corrected chi connectivity index (χ2v) is 10.5. The lowest BCUT2D eigenvalue weighted by atomic mass is 9.96. The van der Waals surface area contributed by atoms with E-state index in [1.54, 1.807) is 13.8 Å². The van der Waals surface area contributed by atoms with Gasteiger partial charge >= 0.3 is 6.03 Å². The van der Waals surface area contributed by atoms with Gasteiger partial charge in [-0.3, -0.25) is 4.79 Å². The number of carbonyl (C=O) groups excluding carboxylic acids is 2. The number of amides is 3. The summed E-state index contributed by atoms with van der Waals surface area (Å²) in [6.45, 7) is 9.45. The Kier molecular flexibility index (Phi) is 6.99. The van der Waals surface area contributed by atoms with Crippen LogP contribution in [0.5, 0.6) is 0 Å². The van der Waals surface area contributed by atoms with Crippen molar-refractivity contribution in [3.63, 3.8) is 0 Å². The highest BCUT2D eigenvalue weighted by Gasteiger charge is 2.30. The topological polar surface area (TPSA) is 104 Å². The number of anilines is 1. The molecule has 0 aliphatic heterocycles. The zero-order valence-electron chi connectivity index (χ0n) is 16.6. The summed E-state index contributed by atoms with van der Waals surface area (Å²) in [5.41, 5.74) is -1.03. The van der Waals surface area contributed by atoms with E-state index in [1.807, 2.05) is 20.8 Å². The van der Waals surface area contributed by atoms with Crippen LogP contribution in [0.2, 0.25) is 0 Å². The van der Waals surface area contributed by atoms with Gasteiger partial charge in [0.15, 0.2) is 9.84 Å². The maximum Gasteiger partial charge on any atom is 0.320 e. The highest BCUT2D eigenvalue weighted by molar-refractivity contribution is 7.89. The van der Waals surface area contributed by atoms with Crippen LogP contribution in [0.3, 0.4) is 0 Å². The van der Waals surface area contributed by atoms with Gasteiger partial charge in [-0.25, -0.2) is 17.6 Å². The summed E-state index contributed by atoms with van der Waals surface area (Å²) >= 11 is 0. The van der Waals surface area contributed by atoms with Crippen molar-refractivity contribution in [2.24, 2.45) is 5.41 Å². The maximum atomic E-state index is 13.4. The normalized spacial score (nSPS) is 12.4. The average molecular weight is 402 g/mol. The Hall–Kier alpha value is -2.16. The van der Waals surface area contributed by atoms with Crippen LogP contribution in [0.1, 0.15) is 40.2 Å². The first kappa shape index (κ1) is 22.9. The van der Waals surface area contributed by atoms with Crippen molar-refractivity contribution in [1.29, 1.82) is 0 Å². The summed E-state index contributed by atoms with van der Waals surface area (Å²) in [7, 11) is -3.42. The molecule has 1 aromatic carbocycles. The minimum Gasteiger partial charge on any atom is -0.354 e. The summed E-state index contributed by atoms with van der Waals surface area (Å²) in [5.74, 6) is -1.39. The summed E-state index contributed by atoms with van der Waals surface area (Å²) in [6, 6.07) is 2.75. The van der Waals surface area contributed by atoms with Gasteiger partial charge < -0.3 is 16.0 Å². The molecule has 0 heterocycles. The lowest BCUT2D eigenvalue weighted by Crippen LogP contribution is -2.56. The van der Waals surface area contributed by atoms with Crippen molar-refractivity contribution in [3.05, 3.63) is 29.6 Å². The van der Waals surface area contributed by atoms with E-state index in [0.29, 0.717) is 6.54 Å². The van der Waals surface area contributed by atoms with Gasteiger partial charge in [0.25, 0.3) is 0 Å². The minimum atomic E-state index is -3.42. The summed E-state index contributed by atoms with van der Waals surface area (Å²) in [5, 5.41) is 7.79. The molecule has 1 rings (SSSR count). The molecule has 0 atom stereocenters. The van der Waals surface area contributed by atoms with Crippen molar-refractivity contribution in [2.45, 2.75) is 45.9 Å². The third-order valence-electron chi connectivity index (χ3n) is 3.51. The monoisotopic (exact) mass is 401 g/mol. The number of rotatable bonds is 6. The molecule has 0 saturated carbocycles. The largest absolute Gasteiger partial charge is 0.354 e. The number of carbonyl (C=O) groups is 2. The molecule has 27 heavy (non-hydrogen) atoms. The van der Waals surface area contributed by atoms with E-state index in [9.17, 15) is 22.4 Å². The summed E-state index contributed by atoms with van der Waals surface area (Å²) in [4.78, 5) is 24.6. The van der Waals surface area contributed by atoms with E-state index >= 15 is 0 Å². The molecule has 0 aliphatic rings. The van der Waals surface area contributed by atoms with Gasteiger partial charge in [0.05, 0.1) is 5.75 Å². The summed E-state index contributed by atoms with van der Waals surface area (Å²) in [6.07, 6.45) is 1.02. The first-order valence-electron chi connectivity index (χ1n) is 8.43. The van der Waals surface area contributed by atoms with Crippen LogP contribution in [-0.4, -0.2) is 38.7 Å². The lowest BCUT2D eigenvalue weighted by Gasteiger charge is -2.28. The fraction of sp³-hybridized carbons (Fsp3) is 0.556. The fourth-order valence-electron chi connectivity index (χ4n) is 2.15. The Morgan fingerprint density at radius 2 is 1.70 bits per heavy atom. The van der Waals surface area contributed by atoms with Crippen LogP contribution in [0.4, 0.5) is 14.9 Å². The third-order valence-corrected chi connectivity index (χ3v) is 4.34. The number of halogens is 1. The Morgan fingerprint density at radius 1 is 1.11 bits per heavy atom. The van der Waals surface area contributed by atoms with Crippen LogP contribution < -0.4 is 16.0 Å². The van der Waals surface area contributed by atoms with Crippen molar-refractivity contribution >= 4 is 27.5 Å². The molecule has 0 saturated heterocycles. The average Bonchev–Trinajstić information content (AvgIpc) is 2.44. The highest BCUT2D eigenvalue weighted by Crippen LogP contribution is 2.20. The molecule has 0 aromatic heterocycles. The first-order valence-corrected chi connectivity index (χ1v) is 10.5. The second kappa shape index (κ2) is 8.24. The molecule has 0 radical (unpaired) electrons. The van der Waals surface area contributed by atoms with E-state index in [-0.39, 0.29) is 22.6 Å². The van der Waals surface area contributed by atoms with Gasteiger partial charge in [-0.1, -0.05) is 20.8 Å². The number of hydrogen-bond acceptors (Lipinski definition) is 4. The molecule has 0 aliphatic carbocycles. The lowest BCUT2D eigenvalue weighted by molar-refractivity contribution is -0.126. The Bertz CT molecular complexity index is 814. The van der Waals surface area contributed by atoms with Gasteiger partial charge in [0.2, 0.25) is 5.91 Å². The van der Waals surface area contributed by atoms with Crippen molar-refractivity contribution < 1.29 is 22.4 Å². The smallest absolute Gasteiger partial charge is 0.320 e. The molecule has 7 nitrogen and oxygen atoms in total. The predicted octanol–water partition coefficient (Wildman–Crippen LogP) is 2.43. The van der Waals surface area contributed by atoms with Gasteiger partial charge in [-0.15, -0.1) is 0 Å². The molecule has 0 bridgehead atoms. The maximum absolute atomic E-state index is 13.4. The summed E-state index contributed by atoms with van der Waals surface area (Å²) < 4.78 is 36.5. The molecule has 0 unspecified atom stereocenters. The molecule has 152 valence electrons. The number of benzene rings is 1. The van der Waals surface area contributed by atoms with E-state index < -0.39 is 33.0 Å². The van der Waals surface area contributed by atoms with Gasteiger partial charge in [-0.2, -0.15) is 0 Å². The van der Waals surface area contributed by atoms with Crippen LogP contribution >= 0.6 is 0 Å². The molecule has 0 spiro atoms. The Balaban J connectivity index is 2.86. The van der Waals surface area contributed by atoms with Crippen molar-refractivity contribution in [2.75, 3.05) is 18.1 Å². The minimum absolute atomic E-state index is 0.108. The SMILES string of the molecule is CC(C)(C)CNC(=O)C(C)(C)NC(=O)Nc1ccc(F)cc1CS(C)(=O)=O. The number of hydrogen-bond donors (Lipinski definition) is 3. The van der Waals surface area contributed by atoms with Crippen molar-refractivity contribution in [3.8, 4) is 0 Å². The Morgan fingerprint density at radius 3 is 2.22 bits per heavy atom. The van der Waals surface area contributed by atoms with Crippen LogP contribution in [0.25, 0.3) is 0 Å². The highest BCUT2D eigenvalue weighted by atomic mass is 32.2. The molecular weight excluding hydrogens is 373 g/mol. The zero-order valence-corrected chi connectivity index (χ0v) is 17.4. The standard InChI is InChI=1S/C18H28FN3O4S/c1-17(2,3)11-20-15(23)18(4,5)22-16(24)21-14-8-7-13(19)9-12(14)10-27(6,25)26/h7-9H,10-11H2,1-6H3,(H,20,23)(H2,21,22,24). The zero-order chi connectivity index (χ0) is 21.0. The van der Waals surface area contributed by atoms with Gasteiger partial charge in [0.1, 0.15) is 11.4 Å². The number of sulfone groups is 1. The second-order valence-electron chi connectivity index (χ2n) is 8.32. The number of nitrogens with one attached hydrogen (secondary N) is 3. The quantitative estimate of drug-likeness (QED) is 0.681. The van der Waals surface area contributed by atoms with E-state index in [2.05, 4.69) is 16.0 Å². The molecule has 0 fully saturated rings. The Labute approximate surface area is 160 Å². The molecule has 3 amide bonds. The number of urea groups is 1. The van der Waals surface area contributed by atoms with E-state index in [0.717, 1.165) is 18.4 Å². The van der Waals surface area contributed by atoms with Crippen molar-refractivity contribution in [1.82, 2.24) is 10.6 Å². The van der Waals surface area contributed by atoms with E-state index in [4.69, 9.17) is 0 Å². The molecule has 3 N–H and O–H groups in total. The molecular formula is C18H28FN3O4S. The first-order chi connectivity index (χ1) is 12.1. The van der Waals surface area contributed by atoms with Gasteiger partial charge in [0, 0.05) is 18.5 Å². The molecule has 1 aromatic rings. The molecule has 9 heteroatoms.